The van der Waals surface area contributed by atoms with Crippen LogP contribution in [0.2, 0.25) is 0 Å². The Morgan fingerprint density at radius 1 is 1.06 bits per heavy atom. The lowest BCUT2D eigenvalue weighted by atomic mass is 9.91. The third kappa shape index (κ3) is 2.25. The maximum absolute atomic E-state index is 9.18. The molecule has 2 rings (SSSR count). The molecule has 0 amide bonds. The van der Waals surface area contributed by atoms with Crippen molar-refractivity contribution in [1.82, 2.24) is 0 Å². The number of aliphatic hydroxyl groups excluding tert-OH is 2. The summed E-state index contributed by atoms with van der Waals surface area (Å²) in [5.41, 5.74) is 0.289. The second kappa shape index (κ2) is 4.93. The van der Waals surface area contributed by atoms with Crippen LogP contribution in [0, 0.1) is 5.41 Å². The maximum Gasteiger partial charge on any atom is 0.183 e. The van der Waals surface area contributed by atoms with Crippen molar-refractivity contribution in [3.05, 3.63) is 35.9 Å². The van der Waals surface area contributed by atoms with Gasteiger partial charge in [-0.3, -0.25) is 0 Å². The van der Waals surface area contributed by atoms with Gasteiger partial charge in [0.25, 0.3) is 0 Å². The van der Waals surface area contributed by atoms with Crippen molar-refractivity contribution in [3.63, 3.8) is 0 Å². The summed E-state index contributed by atoms with van der Waals surface area (Å²) in [6, 6.07) is 9.62. The standard InChI is InChI=1S/C12H16O4/c13-6-12(7-14)8-15-11(16-9-12)10-4-2-1-3-5-10/h1-5,11,13-14H,6-9H2. The van der Waals surface area contributed by atoms with Gasteiger partial charge in [-0.15, -0.1) is 0 Å². The van der Waals surface area contributed by atoms with E-state index in [0.29, 0.717) is 13.2 Å². The molecule has 0 aromatic heterocycles. The molecule has 2 N–H and O–H groups in total. The van der Waals surface area contributed by atoms with Gasteiger partial charge in [0.05, 0.1) is 31.8 Å². The Hall–Kier alpha value is -0.940. The maximum atomic E-state index is 9.18. The lowest BCUT2D eigenvalue weighted by Crippen LogP contribution is -2.44. The monoisotopic (exact) mass is 224 g/mol. The van der Waals surface area contributed by atoms with E-state index in [2.05, 4.69) is 0 Å². The second-order valence-corrected chi connectivity index (χ2v) is 4.18. The first kappa shape index (κ1) is 11.5. The smallest absolute Gasteiger partial charge is 0.183 e. The zero-order valence-corrected chi connectivity index (χ0v) is 9.00. The molecule has 1 saturated heterocycles. The molecule has 0 unspecified atom stereocenters. The molecule has 16 heavy (non-hydrogen) atoms. The normalized spacial score (nSPS) is 20.9. The van der Waals surface area contributed by atoms with Gasteiger partial charge >= 0.3 is 0 Å². The molecule has 1 aliphatic heterocycles. The van der Waals surface area contributed by atoms with Crippen LogP contribution in [0.4, 0.5) is 0 Å². The molecular weight excluding hydrogens is 208 g/mol. The van der Waals surface area contributed by atoms with Crippen molar-refractivity contribution in [2.45, 2.75) is 6.29 Å². The Labute approximate surface area is 94.4 Å². The molecule has 1 heterocycles. The highest BCUT2D eigenvalue weighted by molar-refractivity contribution is 5.16. The average molecular weight is 224 g/mol. The third-order valence-corrected chi connectivity index (χ3v) is 2.82. The summed E-state index contributed by atoms with van der Waals surface area (Å²) in [4.78, 5) is 0. The van der Waals surface area contributed by atoms with E-state index in [-0.39, 0.29) is 13.2 Å². The molecule has 4 heteroatoms. The highest BCUT2D eigenvalue weighted by Gasteiger charge is 2.36. The summed E-state index contributed by atoms with van der Waals surface area (Å²) < 4.78 is 11.0. The first-order valence-corrected chi connectivity index (χ1v) is 5.29. The Morgan fingerprint density at radius 3 is 2.12 bits per heavy atom. The van der Waals surface area contributed by atoms with Crippen molar-refractivity contribution in [3.8, 4) is 0 Å². The summed E-state index contributed by atoms with van der Waals surface area (Å²) in [5, 5.41) is 18.4. The Balaban J connectivity index is 2.00. The molecule has 1 aromatic carbocycles. The predicted octanol–water partition coefficient (Wildman–Crippen LogP) is 0.703. The van der Waals surface area contributed by atoms with Gasteiger partial charge in [-0.2, -0.15) is 0 Å². The van der Waals surface area contributed by atoms with Crippen molar-refractivity contribution in [2.75, 3.05) is 26.4 Å². The molecule has 88 valence electrons. The first-order chi connectivity index (χ1) is 7.79. The largest absolute Gasteiger partial charge is 0.396 e. The predicted molar refractivity (Wildman–Crippen MR) is 57.7 cm³/mol. The Kier molecular flexibility index (Phi) is 3.56. The lowest BCUT2D eigenvalue weighted by molar-refractivity contribution is -0.248. The molecule has 1 fully saturated rings. The van der Waals surface area contributed by atoms with Crippen molar-refractivity contribution in [1.29, 1.82) is 0 Å². The molecule has 0 aliphatic carbocycles. The molecule has 1 aliphatic rings. The van der Waals surface area contributed by atoms with Crippen LogP contribution in [0.1, 0.15) is 11.9 Å². The van der Waals surface area contributed by atoms with Crippen LogP contribution in [-0.4, -0.2) is 36.6 Å². The Morgan fingerprint density at radius 2 is 1.62 bits per heavy atom. The first-order valence-electron chi connectivity index (χ1n) is 5.29. The molecular formula is C12H16O4. The van der Waals surface area contributed by atoms with E-state index in [1.165, 1.54) is 0 Å². The number of hydrogen-bond donors (Lipinski definition) is 2. The van der Waals surface area contributed by atoms with Gasteiger partial charge in [0.15, 0.2) is 6.29 Å². The summed E-state index contributed by atoms with van der Waals surface area (Å²) >= 11 is 0. The lowest BCUT2D eigenvalue weighted by Gasteiger charge is -2.37. The van der Waals surface area contributed by atoms with Crippen LogP contribution in [-0.2, 0) is 9.47 Å². The fourth-order valence-electron chi connectivity index (χ4n) is 1.63. The van der Waals surface area contributed by atoms with E-state index in [4.69, 9.17) is 9.47 Å². The van der Waals surface area contributed by atoms with Gasteiger partial charge in [0, 0.05) is 5.56 Å². The van der Waals surface area contributed by atoms with E-state index >= 15 is 0 Å². The minimum atomic E-state index is -0.661. The summed E-state index contributed by atoms with van der Waals surface area (Å²) in [7, 11) is 0. The molecule has 0 saturated carbocycles. The third-order valence-electron chi connectivity index (χ3n) is 2.82. The number of hydrogen-bond acceptors (Lipinski definition) is 4. The number of aliphatic hydroxyl groups is 2. The summed E-state index contributed by atoms with van der Waals surface area (Å²) in [6.07, 6.45) is -0.396. The number of benzene rings is 1. The summed E-state index contributed by atoms with van der Waals surface area (Å²) in [6.45, 7) is 0.342. The van der Waals surface area contributed by atoms with Gasteiger partial charge in [0.1, 0.15) is 0 Å². The van der Waals surface area contributed by atoms with Crippen molar-refractivity contribution in [2.24, 2.45) is 5.41 Å². The molecule has 4 nitrogen and oxygen atoms in total. The fourth-order valence-corrected chi connectivity index (χ4v) is 1.63. The summed E-state index contributed by atoms with van der Waals surface area (Å²) in [5.74, 6) is 0. The fraction of sp³-hybridized carbons (Fsp3) is 0.500. The van der Waals surface area contributed by atoms with E-state index in [1.807, 2.05) is 30.3 Å². The van der Waals surface area contributed by atoms with Crippen LogP contribution < -0.4 is 0 Å². The molecule has 0 atom stereocenters. The van der Waals surface area contributed by atoms with Crippen molar-refractivity contribution >= 4 is 0 Å². The highest BCUT2D eigenvalue weighted by atomic mass is 16.7. The number of ether oxygens (including phenoxy) is 2. The van der Waals surface area contributed by atoms with Gasteiger partial charge in [-0.25, -0.2) is 0 Å². The van der Waals surface area contributed by atoms with Gasteiger partial charge in [-0.05, 0) is 0 Å². The zero-order valence-electron chi connectivity index (χ0n) is 9.00. The van der Waals surface area contributed by atoms with E-state index < -0.39 is 11.7 Å². The van der Waals surface area contributed by atoms with Crippen LogP contribution >= 0.6 is 0 Å². The quantitative estimate of drug-likeness (QED) is 0.793. The van der Waals surface area contributed by atoms with Crippen LogP contribution in [0.3, 0.4) is 0 Å². The van der Waals surface area contributed by atoms with E-state index in [1.54, 1.807) is 0 Å². The zero-order chi connectivity index (χ0) is 11.4. The minimum Gasteiger partial charge on any atom is -0.396 e. The van der Waals surface area contributed by atoms with Crippen LogP contribution in [0.25, 0.3) is 0 Å². The number of rotatable bonds is 3. The van der Waals surface area contributed by atoms with Crippen LogP contribution in [0.5, 0.6) is 0 Å². The van der Waals surface area contributed by atoms with Crippen LogP contribution in [0.15, 0.2) is 30.3 Å². The van der Waals surface area contributed by atoms with E-state index in [9.17, 15) is 10.2 Å². The van der Waals surface area contributed by atoms with Gasteiger partial charge in [0.2, 0.25) is 0 Å². The van der Waals surface area contributed by atoms with Gasteiger partial charge in [-0.1, -0.05) is 30.3 Å². The molecule has 0 spiro atoms. The van der Waals surface area contributed by atoms with Crippen molar-refractivity contribution < 1.29 is 19.7 Å². The average Bonchev–Trinajstić information content (AvgIpc) is 2.40. The molecule has 0 bridgehead atoms. The topological polar surface area (TPSA) is 58.9 Å². The molecule has 0 radical (unpaired) electrons. The second-order valence-electron chi connectivity index (χ2n) is 4.18. The highest BCUT2D eigenvalue weighted by Crippen LogP contribution is 2.30. The minimum absolute atomic E-state index is 0.134. The van der Waals surface area contributed by atoms with Gasteiger partial charge < -0.3 is 19.7 Å². The SMILES string of the molecule is OCC1(CO)COC(c2ccccc2)OC1. The Bertz CT molecular complexity index is 311. The molecule has 1 aromatic rings. The van der Waals surface area contributed by atoms with E-state index in [0.717, 1.165) is 5.56 Å².